The van der Waals surface area contributed by atoms with Gasteiger partial charge in [-0.2, -0.15) is 15.0 Å². The van der Waals surface area contributed by atoms with Crippen LogP contribution in [0.1, 0.15) is 5.82 Å². The highest BCUT2D eigenvalue weighted by Crippen LogP contribution is 2.21. The lowest BCUT2D eigenvalue weighted by molar-refractivity contribution is 0.183. The molecule has 9 nitrogen and oxygen atoms in total. The highest BCUT2D eigenvalue weighted by atomic mass is 32.2. The minimum absolute atomic E-state index is 0.0614. The fraction of sp³-hybridized carbons (Fsp3) is 0.267. The highest BCUT2D eigenvalue weighted by molar-refractivity contribution is 7.98. The maximum atomic E-state index is 12.7. The monoisotopic (exact) mass is 359 g/mol. The van der Waals surface area contributed by atoms with Crippen molar-refractivity contribution in [3.63, 3.8) is 0 Å². The summed E-state index contributed by atoms with van der Waals surface area (Å²) >= 11 is 1.33. The molecule has 0 bridgehead atoms. The molecular weight excluding hydrogens is 342 g/mol. The summed E-state index contributed by atoms with van der Waals surface area (Å²) in [4.78, 5) is 29.2. The molecule has 1 aromatic carbocycles. The number of hydrogen-bond donors (Lipinski definition) is 2. The van der Waals surface area contributed by atoms with Crippen molar-refractivity contribution in [3.05, 3.63) is 40.4 Å². The van der Waals surface area contributed by atoms with Crippen molar-refractivity contribution in [2.24, 2.45) is 0 Å². The number of rotatable bonds is 6. The molecule has 10 heteroatoms. The van der Waals surface area contributed by atoms with E-state index >= 15 is 0 Å². The van der Waals surface area contributed by atoms with E-state index in [0.29, 0.717) is 40.8 Å². The van der Waals surface area contributed by atoms with Gasteiger partial charge in [0.05, 0.1) is 29.8 Å². The second-order valence-corrected chi connectivity index (χ2v) is 6.06. The quantitative estimate of drug-likeness (QED) is 0.481. The first-order valence-electron chi connectivity index (χ1n) is 7.45. The van der Waals surface area contributed by atoms with Crippen molar-refractivity contribution in [1.82, 2.24) is 24.5 Å². The molecule has 130 valence electrons. The Kier molecular flexibility index (Phi) is 5.10. The first kappa shape index (κ1) is 17.1. The largest absolute Gasteiger partial charge is 0.383 e. The Morgan fingerprint density at radius 2 is 1.84 bits per heavy atom. The fourth-order valence-electron chi connectivity index (χ4n) is 2.29. The predicted octanol–water partition coefficient (Wildman–Crippen LogP) is 0.685. The lowest BCUT2D eigenvalue weighted by atomic mass is 10.2. The van der Waals surface area contributed by atoms with E-state index in [0.717, 1.165) is 0 Å². The summed E-state index contributed by atoms with van der Waals surface area (Å²) in [5.74, 6) is 0.905. The Hall–Kier alpha value is -2.72. The molecule has 25 heavy (non-hydrogen) atoms. The van der Waals surface area contributed by atoms with Crippen molar-refractivity contribution < 1.29 is 4.74 Å². The fourth-order valence-corrected chi connectivity index (χ4v) is 3.17. The van der Waals surface area contributed by atoms with Gasteiger partial charge in [-0.05, 0) is 12.1 Å². The van der Waals surface area contributed by atoms with Crippen LogP contribution in [0.3, 0.4) is 0 Å². The van der Waals surface area contributed by atoms with Gasteiger partial charge in [0, 0.05) is 7.11 Å². The summed E-state index contributed by atoms with van der Waals surface area (Å²) in [6.07, 6.45) is 0. The molecule has 0 spiro atoms. The third-order valence-corrected chi connectivity index (χ3v) is 4.36. The number of ether oxygens (including phenoxy) is 1. The van der Waals surface area contributed by atoms with Gasteiger partial charge in [-0.1, -0.05) is 23.9 Å². The number of nitrogens with two attached hydrogens (primary N) is 2. The summed E-state index contributed by atoms with van der Waals surface area (Å²) in [5, 5.41) is 1.12. The molecule has 0 saturated heterocycles. The van der Waals surface area contributed by atoms with Gasteiger partial charge in [-0.15, -0.1) is 0 Å². The first-order valence-corrected chi connectivity index (χ1v) is 8.44. The van der Waals surface area contributed by atoms with Crippen LogP contribution >= 0.6 is 11.8 Å². The second-order valence-electron chi connectivity index (χ2n) is 5.12. The maximum absolute atomic E-state index is 12.7. The number of thioether (sulfide) groups is 1. The van der Waals surface area contributed by atoms with Gasteiger partial charge in [0.2, 0.25) is 11.9 Å². The molecule has 4 N–H and O–H groups in total. The summed E-state index contributed by atoms with van der Waals surface area (Å²) in [7, 11) is 1.59. The van der Waals surface area contributed by atoms with Crippen LogP contribution in [-0.4, -0.2) is 38.2 Å². The molecule has 0 aliphatic rings. The Morgan fingerprint density at radius 3 is 2.56 bits per heavy atom. The minimum atomic E-state index is -0.111. The highest BCUT2D eigenvalue weighted by Gasteiger charge is 2.12. The van der Waals surface area contributed by atoms with Crippen molar-refractivity contribution in [1.29, 1.82) is 0 Å². The minimum Gasteiger partial charge on any atom is -0.383 e. The molecule has 0 radical (unpaired) electrons. The van der Waals surface area contributed by atoms with Crippen LogP contribution in [0.15, 0.2) is 34.2 Å². The van der Waals surface area contributed by atoms with Gasteiger partial charge in [-0.25, -0.2) is 4.98 Å². The molecule has 0 amide bonds. The van der Waals surface area contributed by atoms with Crippen molar-refractivity contribution in [3.8, 4) is 0 Å². The summed E-state index contributed by atoms with van der Waals surface area (Å²) in [6, 6.07) is 7.22. The zero-order valence-electron chi connectivity index (χ0n) is 13.5. The number of hydrogen-bond acceptors (Lipinski definition) is 9. The molecule has 2 heterocycles. The van der Waals surface area contributed by atoms with E-state index in [1.807, 2.05) is 12.1 Å². The molecular formula is C15H17N7O2S. The van der Waals surface area contributed by atoms with E-state index in [1.165, 1.54) is 11.8 Å². The average Bonchev–Trinajstić information content (AvgIpc) is 2.58. The van der Waals surface area contributed by atoms with Gasteiger partial charge in [0.25, 0.3) is 5.56 Å². The van der Waals surface area contributed by atoms with Crippen molar-refractivity contribution in [2.45, 2.75) is 17.5 Å². The van der Waals surface area contributed by atoms with E-state index in [4.69, 9.17) is 16.2 Å². The molecule has 3 aromatic rings. The van der Waals surface area contributed by atoms with Crippen LogP contribution in [0.25, 0.3) is 10.9 Å². The van der Waals surface area contributed by atoms with Crippen LogP contribution in [0.4, 0.5) is 11.9 Å². The molecule has 0 aliphatic heterocycles. The average molecular weight is 359 g/mol. The molecule has 0 unspecified atom stereocenters. The predicted molar refractivity (Wildman–Crippen MR) is 96.1 cm³/mol. The van der Waals surface area contributed by atoms with Gasteiger partial charge in [0.1, 0.15) is 5.82 Å². The normalized spacial score (nSPS) is 11.1. The van der Waals surface area contributed by atoms with Crippen LogP contribution in [0.5, 0.6) is 0 Å². The van der Waals surface area contributed by atoms with E-state index < -0.39 is 0 Å². The second kappa shape index (κ2) is 7.45. The molecule has 0 aliphatic carbocycles. The molecule has 0 fully saturated rings. The van der Waals surface area contributed by atoms with E-state index in [1.54, 1.807) is 23.8 Å². The summed E-state index contributed by atoms with van der Waals surface area (Å²) in [5.41, 5.74) is 11.7. The number of fused-ring (bicyclic) bond motifs is 1. The zero-order chi connectivity index (χ0) is 17.8. The van der Waals surface area contributed by atoms with E-state index in [9.17, 15) is 4.79 Å². The Labute approximate surface area is 147 Å². The van der Waals surface area contributed by atoms with Crippen LogP contribution in [0.2, 0.25) is 0 Å². The maximum Gasteiger partial charge on any atom is 0.262 e. The first-order chi connectivity index (χ1) is 12.1. The number of nitrogens with zero attached hydrogens (tertiary/aromatic N) is 5. The smallest absolute Gasteiger partial charge is 0.262 e. The molecule has 0 atom stereocenters. The number of benzene rings is 1. The van der Waals surface area contributed by atoms with Gasteiger partial charge in [0.15, 0.2) is 5.16 Å². The summed E-state index contributed by atoms with van der Waals surface area (Å²) in [6.45, 7) is 0.802. The number of para-hydroxylation sites is 1. The Bertz CT molecular complexity index is 940. The third-order valence-electron chi connectivity index (χ3n) is 3.39. The topological polar surface area (TPSA) is 135 Å². The number of nitrogen functional groups attached to an aromatic ring is 2. The Morgan fingerprint density at radius 1 is 1.12 bits per heavy atom. The van der Waals surface area contributed by atoms with Gasteiger partial charge >= 0.3 is 0 Å². The van der Waals surface area contributed by atoms with E-state index in [2.05, 4.69) is 19.9 Å². The van der Waals surface area contributed by atoms with Crippen molar-refractivity contribution in [2.75, 3.05) is 25.2 Å². The van der Waals surface area contributed by atoms with Crippen molar-refractivity contribution >= 4 is 34.6 Å². The van der Waals surface area contributed by atoms with Crippen LogP contribution < -0.4 is 17.0 Å². The van der Waals surface area contributed by atoms with Gasteiger partial charge < -0.3 is 16.2 Å². The molecule has 2 aromatic heterocycles. The van der Waals surface area contributed by atoms with Crippen LogP contribution in [0, 0.1) is 0 Å². The number of methoxy groups -OCH3 is 1. The Balaban J connectivity index is 1.97. The molecule has 3 rings (SSSR count). The SMILES string of the molecule is COCCn1c(SCc2nc(N)nc(N)n2)nc2ccccc2c1=O. The molecule has 0 saturated carbocycles. The lowest BCUT2D eigenvalue weighted by Crippen LogP contribution is -2.25. The number of aromatic nitrogens is 5. The third kappa shape index (κ3) is 3.86. The number of anilines is 2. The lowest BCUT2D eigenvalue weighted by Gasteiger charge is -2.12. The standard InChI is InChI=1S/C15H17N7O2S/c1-24-7-6-22-12(23)9-4-2-3-5-10(9)18-15(22)25-8-11-19-13(16)21-14(17)20-11/h2-5H,6-8H2,1H3,(H4,16,17,19,20,21). The van der Waals surface area contributed by atoms with Gasteiger partial charge in [-0.3, -0.25) is 9.36 Å². The van der Waals surface area contributed by atoms with E-state index in [-0.39, 0.29) is 17.5 Å². The summed E-state index contributed by atoms with van der Waals surface area (Å²) < 4.78 is 6.69. The zero-order valence-corrected chi connectivity index (χ0v) is 14.4. The van der Waals surface area contributed by atoms with Crippen LogP contribution in [-0.2, 0) is 17.0 Å².